The minimum atomic E-state index is -3.82. The van der Waals surface area contributed by atoms with Crippen LogP contribution in [-0.2, 0) is 20.6 Å². The highest BCUT2D eigenvalue weighted by atomic mass is 32.2. The van der Waals surface area contributed by atoms with Gasteiger partial charge in [0.15, 0.2) is 0 Å². The fourth-order valence-corrected chi connectivity index (χ4v) is 3.91. The Kier molecular flexibility index (Phi) is 6.32. The number of carbonyl (C=O) groups excluding carboxylic acids is 1. The molecule has 0 aliphatic rings. The van der Waals surface area contributed by atoms with Gasteiger partial charge >= 0.3 is 0 Å². The molecule has 3 aromatic rings. The summed E-state index contributed by atoms with van der Waals surface area (Å²) in [6.07, 6.45) is 3.06. The molecule has 2 aromatic heterocycles. The van der Waals surface area contributed by atoms with Crippen LogP contribution in [0.4, 0.5) is 11.6 Å². The molecule has 0 fully saturated rings. The minimum absolute atomic E-state index is 0.00552. The van der Waals surface area contributed by atoms with Crippen LogP contribution in [0, 0.1) is 6.92 Å². The monoisotopic (exact) mass is 418 g/mol. The van der Waals surface area contributed by atoms with Crippen molar-refractivity contribution < 1.29 is 17.6 Å². The van der Waals surface area contributed by atoms with Crippen molar-refractivity contribution in [3.63, 3.8) is 0 Å². The number of sulfonamides is 1. The third-order valence-electron chi connectivity index (χ3n) is 3.53. The Morgan fingerprint density at radius 2 is 1.96 bits per heavy atom. The first-order valence-corrected chi connectivity index (χ1v) is 10.9. The molecule has 28 heavy (non-hydrogen) atoms. The van der Waals surface area contributed by atoms with Gasteiger partial charge in [0.1, 0.15) is 5.76 Å². The lowest BCUT2D eigenvalue weighted by Crippen LogP contribution is -2.16. The number of nitrogens with zero attached hydrogens (tertiary/aromatic N) is 2. The number of anilines is 2. The van der Waals surface area contributed by atoms with Gasteiger partial charge in [-0.1, -0.05) is 0 Å². The third kappa shape index (κ3) is 5.57. The summed E-state index contributed by atoms with van der Waals surface area (Å²) in [6, 6.07) is 11.2. The predicted molar refractivity (Wildman–Crippen MR) is 108 cm³/mol. The predicted octanol–water partition coefficient (Wildman–Crippen LogP) is 3.05. The number of benzene rings is 1. The second-order valence-corrected chi connectivity index (χ2v) is 8.44. The zero-order valence-electron chi connectivity index (χ0n) is 15.0. The largest absolute Gasteiger partial charge is 0.468 e. The maximum atomic E-state index is 12.4. The molecule has 0 unspecified atom stereocenters. The molecule has 0 saturated carbocycles. The van der Waals surface area contributed by atoms with Crippen LogP contribution in [0.25, 0.3) is 0 Å². The third-order valence-corrected chi connectivity index (χ3v) is 5.83. The molecule has 10 heteroatoms. The molecule has 0 atom stereocenters. The fraction of sp³-hybridized carbons (Fsp3) is 0.167. The van der Waals surface area contributed by atoms with Gasteiger partial charge in [0.2, 0.25) is 11.9 Å². The number of hydrogen-bond donors (Lipinski definition) is 2. The molecule has 0 aliphatic carbocycles. The van der Waals surface area contributed by atoms with Crippen LogP contribution in [0.3, 0.4) is 0 Å². The lowest BCUT2D eigenvalue weighted by atomic mass is 10.3. The number of rotatable bonds is 8. The Hall–Kier alpha value is -2.85. The summed E-state index contributed by atoms with van der Waals surface area (Å²) < 4.78 is 32.3. The molecule has 2 N–H and O–H groups in total. The summed E-state index contributed by atoms with van der Waals surface area (Å²) in [7, 11) is -3.82. The quantitative estimate of drug-likeness (QED) is 0.578. The van der Waals surface area contributed by atoms with Crippen molar-refractivity contribution in [2.75, 3.05) is 15.8 Å². The SMILES string of the molecule is Cc1ccnc(NS(=O)(=O)c2ccc(NC(=O)CSCc3ccco3)cc2)n1. The number of amides is 1. The van der Waals surface area contributed by atoms with E-state index in [1.807, 2.05) is 6.07 Å². The van der Waals surface area contributed by atoms with Crippen LogP contribution in [0.5, 0.6) is 0 Å². The number of hydrogen-bond acceptors (Lipinski definition) is 7. The molecule has 1 amide bonds. The van der Waals surface area contributed by atoms with Crippen molar-refractivity contribution >= 4 is 39.3 Å². The van der Waals surface area contributed by atoms with Crippen molar-refractivity contribution in [2.45, 2.75) is 17.6 Å². The lowest BCUT2D eigenvalue weighted by molar-refractivity contribution is -0.113. The van der Waals surface area contributed by atoms with Gasteiger partial charge < -0.3 is 9.73 Å². The van der Waals surface area contributed by atoms with E-state index < -0.39 is 10.0 Å². The molecule has 1 aromatic carbocycles. The molecule has 0 spiro atoms. The highest BCUT2D eigenvalue weighted by Crippen LogP contribution is 2.17. The first-order chi connectivity index (χ1) is 13.4. The Balaban J connectivity index is 1.55. The van der Waals surface area contributed by atoms with Crippen LogP contribution < -0.4 is 10.0 Å². The fourth-order valence-electron chi connectivity index (χ4n) is 2.23. The Morgan fingerprint density at radius 3 is 2.64 bits per heavy atom. The standard InChI is InChI=1S/C18H18N4O4S2/c1-13-8-9-19-18(20-13)22-28(24,25)16-6-4-14(5-7-16)21-17(23)12-27-11-15-3-2-10-26-15/h2-10H,11-12H2,1H3,(H,21,23)(H,19,20,22). The van der Waals surface area contributed by atoms with Gasteiger partial charge in [-0.3, -0.25) is 4.79 Å². The van der Waals surface area contributed by atoms with E-state index in [0.29, 0.717) is 17.1 Å². The molecule has 0 bridgehead atoms. The molecule has 2 heterocycles. The summed E-state index contributed by atoms with van der Waals surface area (Å²) in [6.45, 7) is 1.74. The molecule has 3 rings (SSSR count). The maximum Gasteiger partial charge on any atom is 0.264 e. The maximum absolute atomic E-state index is 12.4. The number of carbonyl (C=O) groups is 1. The highest BCUT2D eigenvalue weighted by molar-refractivity contribution is 7.99. The van der Waals surface area contributed by atoms with E-state index >= 15 is 0 Å². The Morgan fingerprint density at radius 1 is 1.18 bits per heavy atom. The van der Waals surface area contributed by atoms with Crippen molar-refractivity contribution in [3.8, 4) is 0 Å². The molecule has 8 nitrogen and oxygen atoms in total. The van der Waals surface area contributed by atoms with Gasteiger partial charge in [0.25, 0.3) is 10.0 Å². The van der Waals surface area contributed by atoms with E-state index in [0.717, 1.165) is 5.76 Å². The average Bonchev–Trinajstić information content (AvgIpc) is 3.15. The summed E-state index contributed by atoms with van der Waals surface area (Å²) in [4.78, 5) is 19.9. The van der Waals surface area contributed by atoms with Crippen molar-refractivity contribution in [1.82, 2.24) is 9.97 Å². The Labute approximate surface area is 166 Å². The number of thioether (sulfide) groups is 1. The van der Waals surface area contributed by atoms with Crippen LogP contribution in [-0.4, -0.2) is 30.0 Å². The summed E-state index contributed by atoms with van der Waals surface area (Å²) in [5, 5.41) is 2.73. The second-order valence-electron chi connectivity index (χ2n) is 5.77. The van der Waals surface area contributed by atoms with Crippen LogP contribution in [0.1, 0.15) is 11.5 Å². The van der Waals surface area contributed by atoms with Gasteiger partial charge in [-0.2, -0.15) is 0 Å². The minimum Gasteiger partial charge on any atom is -0.468 e. The second kappa shape index (κ2) is 8.89. The molecule has 0 aliphatic heterocycles. The summed E-state index contributed by atoms with van der Waals surface area (Å²) in [5.41, 5.74) is 1.16. The van der Waals surface area contributed by atoms with Crippen LogP contribution >= 0.6 is 11.8 Å². The number of furan rings is 1. The van der Waals surface area contributed by atoms with Gasteiger partial charge in [0.05, 0.1) is 22.7 Å². The van der Waals surface area contributed by atoms with Crippen molar-refractivity contribution in [1.29, 1.82) is 0 Å². The summed E-state index contributed by atoms with van der Waals surface area (Å²) in [5.74, 6) is 1.49. The van der Waals surface area contributed by atoms with E-state index in [-0.39, 0.29) is 22.5 Å². The smallest absolute Gasteiger partial charge is 0.264 e. The van der Waals surface area contributed by atoms with E-state index in [9.17, 15) is 13.2 Å². The van der Waals surface area contributed by atoms with E-state index in [1.54, 1.807) is 25.3 Å². The summed E-state index contributed by atoms with van der Waals surface area (Å²) >= 11 is 1.42. The molecular weight excluding hydrogens is 400 g/mol. The first kappa shape index (κ1) is 19.9. The molecule has 0 saturated heterocycles. The van der Waals surface area contributed by atoms with Gasteiger partial charge in [-0.05, 0) is 49.4 Å². The van der Waals surface area contributed by atoms with E-state index in [4.69, 9.17) is 4.42 Å². The first-order valence-electron chi connectivity index (χ1n) is 8.25. The highest BCUT2D eigenvalue weighted by Gasteiger charge is 2.16. The average molecular weight is 419 g/mol. The number of aromatic nitrogens is 2. The number of nitrogens with one attached hydrogen (secondary N) is 2. The van der Waals surface area contributed by atoms with Crippen molar-refractivity contribution in [3.05, 3.63) is 66.4 Å². The Bertz CT molecular complexity index is 1040. The van der Waals surface area contributed by atoms with E-state index in [1.165, 1.54) is 42.2 Å². The van der Waals surface area contributed by atoms with Crippen LogP contribution in [0.2, 0.25) is 0 Å². The lowest BCUT2D eigenvalue weighted by Gasteiger charge is -2.08. The van der Waals surface area contributed by atoms with Gasteiger partial charge in [0, 0.05) is 17.6 Å². The molecule has 0 radical (unpaired) electrons. The zero-order chi connectivity index (χ0) is 20.0. The van der Waals surface area contributed by atoms with Gasteiger partial charge in [-0.25, -0.2) is 23.1 Å². The normalized spacial score (nSPS) is 11.2. The molecular formula is C18H18N4O4S2. The zero-order valence-corrected chi connectivity index (χ0v) is 16.6. The van der Waals surface area contributed by atoms with E-state index in [2.05, 4.69) is 20.0 Å². The number of aryl methyl sites for hydroxylation is 1. The topological polar surface area (TPSA) is 114 Å². The van der Waals surface area contributed by atoms with Gasteiger partial charge in [-0.15, -0.1) is 11.8 Å². The van der Waals surface area contributed by atoms with Crippen LogP contribution in [0.15, 0.2) is 64.2 Å². The molecule has 146 valence electrons. The van der Waals surface area contributed by atoms with Crippen molar-refractivity contribution in [2.24, 2.45) is 0 Å².